The van der Waals surface area contributed by atoms with Gasteiger partial charge in [-0.1, -0.05) is 19.8 Å². The van der Waals surface area contributed by atoms with E-state index in [0.29, 0.717) is 17.2 Å². The Hall–Kier alpha value is -2.04. The molecule has 2 heterocycles. The van der Waals surface area contributed by atoms with E-state index < -0.39 is 54.2 Å². The van der Waals surface area contributed by atoms with Gasteiger partial charge in [-0.2, -0.15) is 4.39 Å². The summed E-state index contributed by atoms with van der Waals surface area (Å²) in [5.74, 6) is -1.85. The molecule has 1 fully saturated rings. The molecule has 9 nitrogen and oxygen atoms in total. The average Bonchev–Trinajstić information content (AvgIpc) is 2.87. The molecule has 1 aliphatic heterocycles. The molecule has 0 aromatic carbocycles. The number of esters is 1. The topological polar surface area (TPSA) is 131 Å². The normalized spacial score (nSPS) is 25.9. The van der Waals surface area contributed by atoms with Gasteiger partial charge in [-0.25, -0.2) is 4.79 Å². The third-order valence-electron chi connectivity index (χ3n) is 3.94. The summed E-state index contributed by atoms with van der Waals surface area (Å²) in [6, 6.07) is 0. The summed E-state index contributed by atoms with van der Waals surface area (Å²) in [7, 11) is 0. The number of ether oxygens (including phenoxy) is 2. The van der Waals surface area contributed by atoms with Gasteiger partial charge in [-0.05, 0) is 6.42 Å². The lowest BCUT2D eigenvalue weighted by Crippen LogP contribution is -2.41. The maximum atomic E-state index is 13.5. The monoisotopic (exact) mass is 360 g/mol. The number of rotatable bonds is 7. The number of nitrogens with one attached hydrogen (secondary N) is 1. The summed E-state index contributed by atoms with van der Waals surface area (Å²) in [5, 5.41) is 19.4. The van der Waals surface area contributed by atoms with E-state index in [1.54, 1.807) is 4.98 Å². The highest BCUT2D eigenvalue weighted by atomic mass is 19.1. The van der Waals surface area contributed by atoms with E-state index in [9.17, 15) is 29.0 Å². The Morgan fingerprint density at radius 2 is 2.16 bits per heavy atom. The van der Waals surface area contributed by atoms with E-state index in [0.717, 1.165) is 12.8 Å². The first-order valence-electron chi connectivity index (χ1n) is 8.03. The van der Waals surface area contributed by atoms with Crippen LogP contribution in [-0.4, -0.2) is 50.7 Å². The number of nitrogens with zero attached hydrogens (tertiary/aromatic N) is 1. The molecule has 0 bridgehead atoms. The molecule has 1 aromatic heterocycles. The first-order chi connectivity index (χ1) is 11.9. The lowest BCUT2D eigenvalue weighted by molar-refractivity contribution is -0.159. The van der Waals surface area contributed by atoms with Crippen LogP contribution in [0.5, 0.6) is 0 Å². The minimum absolute atomic E-state index is 0.114. The fraction of sp³-hybridized carbons (Fsp3) is 0.667. The second-order valence-electron chi connectivity index (χ2n) is 5.79. The van der Waals surface area contributed by atoms with Crippen LogP contribution in [0.4, 0.5) is 4.39 Å². The maximum absolute atomic E-state index is 13.5. The summed E-state index contributed by atoms with van der Waals surface area (Å²) in [4.78, 5) is 36.7. The first-order valence-corrected chi connectivity index (χ1v) is 8.03. The molecular weight excluding hydrogens is 339 g/mol. The Bertz CT molecular complexity index is 717. The van der Waals surface area contributed by atoms with Gasteiger partial charge in [0.2, 0.25) is 5.82 Å². The van der Waals surface area contributed by atoms with Crippen LogP contribution in [0.3, 0.4) is 0 Å². The minimum Gasteiger partial charge on any atom is -0.455 e. The number of H-pyrrole nitrogens is 1. The Morgan fingerprint density at radius 3 is 2.80 bits per heavy atom. The van der Waals surface area contributed by atoms with E-state index in [1.165, 1.54) is 0 Å². The van der Waals surface area contributed by atoms with Crippen LogP contribution in [0.2, 0.25) is 0 Å². The zero-order chi connectivity index (χ0) is 18.6. The largest absolute Gasteiger partial charge is 0.455 e. The van der Waals surface area contributed by atoms with E-state index in [-0.39, 0.29) is 6.42 Å². The van der Waals surface area contributed by atoms with Crippen LogP contribution < -0.4 is 11.2 Å². The van der Waals surface area contributed by atoms with Gasteiger partial charge in [0.1, 0.15) is 12.2 Å². The van der Waals surface area contributed by atoms with Gasteiger partial charge in [0.05, 0.1) is 12.8 Å². The molecule has 3 N–H and O–H groups in total. The van der Waals surface area contributed by atoms with Crippen LogP contribution in [-0.2, 0) is 14.3 Å². The molecule has 0 radical (unpaired) electrons. The number of unbranched alkanes of at least 4 members (excludes halogenated alkanes) is 2. The molecule has 0 aliphatic carbocycles. The predicted octanol–water partition coefficient (Wildman–Crippen LogP) is -0.582. The molecule has 10 heteroatoms. The van der Waals surface area contributed by atoms with Crippen molar-refractivity contribution >= 4 is 5.97 Å². The maximum Gasteiger partial charge on any atom is 0.330 e. The Balaban J connectivity index is 2.25. The quantitative estimate of drug-likeness (QED) is 0.438. The van der Waals surface area contributed by atoms with E-state index >= 15 is 0 Å². The van der Waals surface area contributed by atoms with Gasteiger partial charge in [-0.15, -0.1) is 0 Å². The molecule has 1 aliphatic rings. The molecule has 1 aromatic rings. The van der Waals surface area contributed by atoms with Crippen molar-refractivity contribution in [2.75, 3.05) is 6.61 Å². The van der Waals surface area contributed by atoms with Crippen LogP contribution in [0.15, 0.2) is 15.8 Å². The molecule has 2 rings (SSSR count). The van der Waals surface area contributed by atoms with Crippen molar-refractivity contribution in [1.29, 1.82) is 0 Å². The van der Waals surface area contributed by atoms with Crippen molar-refractivity contribution in [2.45, 2.75) is 57.1 Å². The molecular formula is C15H21FN2O7. The summed E-state index contributed by atoms with van der Waals surface area (Å²) in [5.41, 5.74) is -2.19. The van der Waals surface area contributed by atoms with Gasteiger partial charge in [0, 0.05) is 6.42 Å². The Morgan fingerprint density at radius 1 is 1.44 bits per heavy atom. The number of aromatic nitrogens is 2. The lowest BCUT2D eigenvalue weighted by atomic mass is 10.1. The number of aromatic amines is 1. The van der Waals surface area contributed by atoms with Crippen LogP contribution in [0.25, 0.3) is 0 Å². The van der Waals surface area contributed by atoms with Crippen LogP contribution in [0.1, 0.15) is 38.8 Å². The van der Waals surface area contributed by atoms with Gasteiger partial charge in [0.15, 0.2) is 12.3 Å². The van der Waals surface area contributed by atoms with Gasteiger partial charge in [0.25, 0.3) is 5.56 Å². The summed E-state index contributed by atoms with van der Waals surface area (Å²) in [6.07, 6.45) is -2.18. The highest BCUT2D eigenvalue weighted by Gasteiger charge is 2.47. The van der Waals surface area contributed by atoms with Crippen molar-refractivity contribution in [3.05, 3.63) is 32.9 Å². The zero-order valence-corrected chi connectivity index (χ0v) is 13.7. The number of aliphatic hydroxyl groups is 2. The second kappa shape index (κ2) is 8.37. The third-order valence-corrected chi connectivity index (χ3v) is 3.94. The smallest absolute Gasteiger partial charge is 0.330 e. The van der Waals surface area contributed by atoms with E-state index in [2.05, 4.69) is 0 Å². The summed E-state index contributed by atoms with van der Waals surface area (Å²) in [6.45, 7) is 1.38. The van der Waals surface area contributed by atoms with Crippen LogP contribution >= 0.6 is 0 Å². The third kappa shape index (κ3) is 4.33. The van der Waals surface area contributed by atoms with E-state index in [4.69, 9.17) is 9.47 Å². The number of carbonyl (C=O) groups is 1. The molecule has 0 spiro atoms. The predicted molar refractivity (Wildman–Crippen MR) is 82.3 cm³/mol. The molecule has 25 heavy (non-hydrogen) atoms. The standard InChI is InChI=1S/C15H21FN2O7/c1-2-3-4-5-10(20)25-12-11(21)9(7-19)24-14(12)18-6-8(16)13(22)17-15(18)23/h6,9,11-12,14,19,21H,2-5,7H2,1H3,(H,17,22,23)/t9-,11-,12-,14-/m1/s1. The van der Waals surface area contributed by atoms with Gasteiger partial charge < -0.3 is 19.7 Å². The first kappa shape index (κ1) is 19.3. The number of halogens is 1. The molecule has 0 amide bonds. The molecule has 4 atom stereocenters. The zero-order valence-electron chi connectivity index (χ0n) is 13.7. The molecule has 0 saturated carbocycles. The van der Waals surface area contributed by atoms with Crippen molar-refractivity contribution in [3.63, 3.8) is 0 Å². The second-order valence-corrected chi connectivity index (χ2v) is 5.79. The van der Waals surface area contributed by atoms with Crippen molar-refractivity contribution < 1.29 is 28.9 Å². The number of aliphatic hydroxyl groups excluding tert-OH is 2. The Kier molecular flexibility index (Phi) is 6.45. The van der Waals surface area contributed by atoms with Crippen LogP contribution in [0, 0.1) is 5.82 Å². The fourth-order valence-electron chi connectivity index (χ4n) is 2.60. The van der Waals surface area contributed by atoms with Crippen molar-refractivity contribution in [3.8, 4) is 0 Å². The lowest BCUT2D eigenvalue weighted by Gasteiger charge is -2.22. The molecule has 140 valence electrons. The van der Waals surface area contributed by atoms with Crippen molar-refractivity contribution in [2.24, 2.45) is 0 Å². The minimum atomic E-state index is -1.41. The SMILES string of the molecule is CCCCCC(=O)O[C@@H]1[C@H](O)[C@@H](CO)O[C@H]1n1cc(F)c(=O)[nH]c1=O. The van der Waals surface area contributed by atoms with E-state index in [1.807, 2.05) is 6.92 Å². The molecule has 1 saturated heterocycles. The number of hydrogen-bond acceptors (Lipinski definition) is 7. The average molecular weight is 360 g/mol. The number of hydrogen-bond donors (Lipinski definition) is 3. The fourth-order valence-corrected chi connectivity index (χ4v) is 2.60. The highest BCUT2D eigenvalue weighted by molar-refractivity contribution is 5.69. The van der Waals surface area contributed by atoms with Gasteiger partial charge in [-0.3, -0.25) is 19.1 Å². The number of carbonyl (C=O) groups excluding carboxylic acids is 1. The van der Waals surface area contributed by atoms with Crippen molar-refractivity contribution in [1.82, 2.24) is 9.55 Å². The molecule has 0 unspecified atom stereocenters. The Labute approximate surface area is 142 Å². The highest BCUT2D eigenvalue weighted by Crippen LogP contribution is 2.31. The van der Waals surface area contributed by atoms with Gasteiger partial charge >= 0.3 is 11.7 Å². The summed E-state index contributed by atoms with van der Waals surface area (Å²) < 4.78 is 24.7. The summed E-state index contributed by atoms with van der Waals surface area (Å²) >= 11 is 0.